The summed E-state index contributed by atoms with van der Waals surface area (Å²) in [7, 11) is 0. The monoisotopic (exact) mass is 423 g/mol. The van der Waals surface area contributed by atoms with Gasteiger partial charge >= 0.3 is 0 Å². The third-order valence-electron chi connectivity index (χ3n) is 5.78. The fourth-order valence-corrected chi connectivity index (χ4v) is 3.90. The van der Waals surface area contributed by atoms with E-state index in [1.807, 2.05) is 36.1 Å². The molecule has 0 saturated carbocycles. The molecule has 3 heterocycles. The average Bonchev–Trinajstić information content (AvgIpc) is 3.41. The van der Waals surface area contributed by atoms with E-state index >= 15 is 0 Å². The number of rotatable bonds is 7. The highest BCUT2D eigenvalue weighted by Gasteiger charge is 2.27. The van der Waals surface area contributed by atoms with Gasteiger partial charge in [-0.05, 0) is 33.2 Å². The summed E-state index contributed by atoms with van der Waals surface area (Å²) in [6, 6.07) is 8.11. The van der Waals surface area contributed by atoms with Crippen LogP contribution >= 0.6 is 0 Å². The van der Waals surface area contributed by atoms with Crippen molar-refractivity contribution in [3.05, 3.63) is 52.7 Å². The van der Waals surface area contributed by atoms with Gasteiger partial charge in [0.2, 0.25) is 11.7 Å². The molecule has 0 bridgehead atoms. The lowest BCUT2D eigenvalue weighted by atomic mass is 10.1. The van der Waals surface area contributed by atoms with Crippen LogP contribution in [0.4, 0.5) is 0 Å². The van der Waals surface area contributed by atoms with Gasteiger partial charge in [0.05, 0.1) is 5.69 Å². The number of benzene rings is 1. The SMILES string of the molecule is CCc1noc(C)c1C(=O)N1CCN(CCCc2nc(-c3ccc(C)cc3)no2)CC1. The summed E-state index contributed by atoms with van der Waals surface area (Å²) in [6.07, 6.45) is 2.38. The summed E-state index contributed by atoms with van der Waals surface area (Å²) in [5.41, 5.74) is 3.55. The van der Waals surface area contributed by atoms with Crippen LogP contribution in [0.2, 0.25) is 0 Å². The molecule has 1 aliphatic heterocycles. The summed E-state index contributed by atoms with van der Waals surface area (Å²) < 4.78 is 10.6. The highest BCUT2D eigenvalue weighted by Crippen LogP contribution is 2.19. The van der Waals surface area contributed by atoms with Crippen LogP contribution in [0.1, 0.15) is 46.6 Å². The van der Waals surface area contributed by atoms with Gasteiger partial charge < -0.3 is 13.9 Å². The summed E-state index contributed by atoms with van der Waals surface area (Å²) >= 11 is 0. The summed E-state index contributed by atoms with van der Waals surface area (Å²) in [4.78, 5) is 21.7. The highest BCUT2D eigenvalue weighted by molar-refractivity contribution is 5.96. The van der Waals surface area contributed by atoms with Crippen molar-refractivity contribution in [1.82, 2.24) is 25.1 Å². The molecule has 8 nitrogen and oxygen atoms in total. The Labute approximate surface area is 182 Å². The van der Waals surface area contributed by atoms with Gasteiger partial charge in [-0.25, -0.2) is 0 Å². The Morgan fingerprint density at radius 3 is 2.48 bits per heavy atom. The zero-order chi connectivity index (χ0) is 21.8. The number of hydrogen-bond acceptors (Lipinski definition) is 7. The Hall–Kier alpha value is -3.00. The standard InChI is InChI=1S/C23H29N5O3/c1-4-19-21(17(3)30-25-19)23(29)28-14-12-27(13-15-28)11-5-6-20-24-22(26-31-20)18-9-7-16(2)8-10-18/h7-10H,4-6,11-15H2,1-3H3. The third-order valence-corrected chi connectivity index (χ3v) is 5.78. The average molecular weight is 424 g/mol. The Balaban J connectivity index is 1.23. The second-order valence-electron chi connectivity index (χ2n) is 8.03. The van der Waals surface area contributed by atoms with Crippen LogP contribution in [0.5, 0.6) is 0 Å². The van der Waals surface area contributed by atoms with Crippen molar-refractivity contribution in [2.75, 3.05) is 32.7 Å². The largest absolute Gasteiger partial charge is 0.361 e. The predicted octanol–water partition coefficient (Wildman–Crippen LogP) is 3.29. The molecule has 1 amide bonds. The molecule has 1 saturated heterocycles. The van der Waals surface area contributed by atoms with E-state index in [1.54, 1.807) is 6.92 Å². The van der Waals surface area contributed by atoms with Crippen LogP contribution in [0.25, 0.3) is 11.4 Å². The van der Waals surface area contributed by atoms with E-state index in [-0.39, 0.29) is 5.91 Å². The summed E-state index contributed by atoms with van der Waals surface area (Å²) in [6.45, 7) is 9.92. The van der Waals surface area contributed by atoms with Crippen LogP contribution in [0.3, 0.4) is 0 Å². The Kier molecular flexibility index (Phi) is 6.46. The van der Waals surface area contributed by atoms with E-state index in [2.05, 4.69) is 27.1 Å². The van der Waals surface area contributed by atoms with E-state index in [1.165, 1.54) is 5.56 Å². The molecule has 0 N–H and O–H groups in total. The van der Waals surface area contributed by atoms with E-state index in [9.17, 15) is 4.79 Å². The first kappa shape index (κ1) is 21.2. The lowest BCUT2D eigenvalue weighted by Crippen LogP contribution is -2.49. The van der Waals surface area contributed by atoms with Crippen molar-refractivity contribution >= 4 is 5.91 Å². The van der Waals surface area contributed by atoms with Gasteiger partial charge in [-0.3, -0.25) is 9.69 Å². The first-order valence-corrected chi connectivity index (χ1v) is 10.9. The maximum absolute atomic E-state index is 12.9. The lowest BCUT2D eigenvalue weighted by molar-refractivity contribution is 0.0633. The Morgan fingerprint density at radius 1 is 1.03 bits per heavy atom. The third kappa shape index (κ3) is 4.85. The minimum Gasteiger partial charge on any atom is -0.361 e. The molecule has 4 rings (SSSR count). The second kappa shape index (κ2) is 9.43. The lowest BCUT2D eigenvalue weighted by Gasteiger charge is -2.34. The molecule has 1 aliphatic rings. The molecular formula is C23H29N5O3. The quantitative estimate of drug-likeness (QED) is 0.576. The minimum atomic E-state index is 0.0322. The number of aromatic nitrogens is 3. The van der Waals surface area contributed by atoms with E-state index < -0.39 is 0 Å². The highest BCUT2D eigenvalue weighted by atomic mass is 16.5. The van der Waals surface area contributed by atoms with Crippen LogP contribution in [-0.2, 0) is 12.8 Å². The molecule has 8 heteroatoms. The predicted molar refractivity (Wildman–Crippen MR) is 116 cm³/mol. The molecular weight excluding hydrogens is 394 g/mol. The zero-order valence-corrected chi connectivity index (χ0v) is 18.4. The van der Waals surface area contributed by atoms with Gasteiger partial charge in [0.1, 0.15) is 11.3 Å². The van der Waals surface area contributed by atoms with Crippen LogP contribution in [0, 0.1) is 13.8 Å². The molecule has 1 aromatic carbocycles. The van der Waals surface area contributed by atoms with Crippen molar-refractivity contribution in [3.8, 4) is 11.4 Å². The first-order chi connectivity index (χ1) is 15.0. The normalized spacial score (nSPS) is 14.9. The van der Waals surface area contributed by atoms with Crippen LogP contribution < -0.4 is 0 Å². The molecule has 0 spiro atoms. The van der Waals surface area contributed by atoms with Crippen molar-refractivity contribution < 1.29 is 13.8 Å². The maximum Gasteiger partial charge on any atom is 0.259 e. The molecule has 3 aromatic rings. The summed E-state index contributed by atoms with van der Waals surface area (Å²) in [5, 5.41) is 8.11. The molecule has 1 fully saturated rings. The maximum atomic E-state index is 12.9. The van der Waals surface area contributed by atoms with Crippen molar-refractivity contribution in [1.29, 1.82) is 0 Å². The number of hydrogen-bond donors (Lipinski definition) is 0. The number of aryl methyl sites for hydroxylation is 4. The van der Waals surface area contributed by atoms with E-state index in [0.717, 1.165) is 43.7 Å². The Bertz CT molecular complexity index is 1020. The van der Waals surface area contributed by atoms with Gasteiger partial charge in [0, 0.05) is 38.2 Å². The number of carbonyl (C=O) groups is 1. The number of carbonyl (C=O) groups excluding carboxylic acids is 1. The molecule has 31 heavy (non-hydrogen) atoms. The van der Waals surface area contributed by atoms with Crippen LogP contribution in [0.15, 0.2) is 33.3 Å². The molecule has 0 aliphatic carbocycles. The zero-order valence-electron chi connectivity index (χ0n) is 18.4. The second-order valence-corrected chi connectivity index (χ2v) is 8.03. The molecule has 0 unspecified atom stereocenters. The van der Waals surface area contributed by atoms with Gasteiger partial charge in [-0.15, -0.1) is 0 Å². The van der Waals surface area contributed by atoms with Gasteiger partial charge in [0.15, 0.2) is 0 Å². The van der Waals surface area contributed by atoms with Crippen molar-refractivity contribution in [2.45, 2.75) is 40.0 Å². The topological polar surface area (TPSA) is 88.5 Å². The van der Waals surface area contributed by atoms with Crippen molar-refractivity contribution in [3.63, 3.8) is 0 Å². The Morgan fingerprint density at radius 2 is 1.77 bits per heavy atom. The van der Waals surface area contributed by atoms with Crippen molar-refractivity contribution in [2.24, 2.45) is 0 Å². The number of piperazine rings is 1. The molecule has 164 valence electrons. The number of nitrogens with zero attached hydrogens (tertiary/aromatic N) is 5. The fourth-order valence-electron chi connectivity index (χ4n) is 3.90. The van der Waals surface area contributed by atoms with E-state index in [4.69, 9.17) is 9.05 Å². The smallest absolute Gasteiger partial charge is 0.259 e. The first-order valence-electron chi connectivity index (χ1n) is 10.9. The van der Waals surface area contributed by atoms with Gasteiger partial charge in [-0.1, -0.05) is 47.1 Å². The summed E-state index contributed by atoms with van der Waals surface area (Å²) in [5.74, 6) is 1.94. The molecule has 0 radical (unpaired) electrons. The minimum absolute atomic E-state index is 0.0322. The van der Waals surface area contributed by atoms with Gasteiger partial charge in [-0.2, -0.15) is 4.98 Å². The molecule has 0 atom stereocenters. The van der Waals surface area contributed by atoms with E-state index in [0.29, 0.717) is 42.5 Å². The fraction of sp³-hybridized carbons (Fsp3) is 0.478. The van der Waals surface area contributed by atoms with Crippen LogP contribution in [-0.4, -0.2) is 63.7 Å². The number of amides is 1. The molecule has 2 aromatic heterocycles. The van der Waals surface area contributed by atoms with Gasteiger partial charge in [0.25, 0.3) is 5.91 Å².